The number of thioether (sulfide) groups is 1. The first-order chi connectivity index (χ1) is 13.4. The molecule has 146 valence electrons. The van der Waals surface area contributed by atoms with Crippen molar-refractivity contribution in [3.63, 3.8) is 0 Å². The van der Waals surface area contributed by atoms with Crippen LogP contribution in [0.15, 0.2) is 53.5 Å². The Labute approximate surface area is 172 Å². The number of ether oxygens (including phenoxy) is 1. The van der Waals surface area contributed by atoms with E-state index >= 15 is 0 Å². The fraction of sp³-hybridized carbons (Fsp3) is 0.263. The first kappa shape index (κ1) is 19.3. The lowest BCUT2D eigenvalue weighted by atomic mass is 10.2. The van der Waals surface area contributed by atoms with Crippen LogP contribution in [0.4, 0.5) is 5.69 Å². The highest BCUT2D eigenvalue weighted by Gasteiger charge is 2.50. The van der Waals surface area contributed by atoms with Gasteiger partial charge in [0.15, 0.2) is 15.0 Å². The van der Waals surface area contributed by atoms with Crippen LogP contribution in [0.25, 0.3) is 0 Å². The van der Waals surface area contributed by atoms with E-state index in [9.17, 15) is 13.2 Å². The number of anilines is 1. The zero-order valence-electron chi connectivity index (χ0n) is 14.9. The number of halogens is 1. The average molecular weight is 437 g/mol. The summed E-state index contributed by atoms with van der Waals surface area (Å²) in [5.41, 5.74) is 1.07. The van der Waals surface area contributed by atoms with Gasteiger partial charge in [0, 0.05) is 15.8 Å². The Morgan fingerprint density at radius 2 is 1.96 bits per heavy atom. The zero-order chi connectivity index (χ0) is 19.9. The van der Waals surface area contributed by atoms with Crippen LogP contribution in [0.2, 0.25) is 5.02 Å². The molecule has 0 N–H and O–H groups in total. The van der Waals surface area contributed by atoms with Crippen LogP contribution < -0.4 is 9.64 Å². The average Bonchev–Trinajstić information content (AvgIpc) is 3.13. The molecule has 6 nitrogen and oxygen atoms in total. The van der Waals surface area contributed by atoms with Gasteiger partial charge in [-0.05, 0) is 30.3 Å². The van der Waals surface area contributed by atoms with Gasteiger partial charge in [-0.1, -0.05) is 41.6 Å². The lowest BCUT2D eigenvalue weighted by molar-refractivity contribution is 0.100. The van der Waals surface area contributed by atoms with E-state index in [-0.39, 0.29) is 28.7 Å². The number of amidine groups is 1. The number of aliphatic imine (C=N–C) groups is 1. The lowest BCUT2D eigenvalue weighted by Crippen LogP contribution is -2.38. The smallest absolute Gasteiger partial charge is 0.279 e. The maximum Gasteiger partial charge on any atom is 0.279 e. The number of rotatable bonds is 3. The fourth-order valence-corrected chi connectivity index (χ4v) is 7.50. The summed E-state index contributed by atoms with van der Waals surface area (Å²) in [6.07, 6.45) is 0. The van der Waals surface area contributed by atoms with Gasteiger partial charge in [-0.3, -0.25) is 4.79 Å². The van der Waals surface area contributed by atoms with Crippen LogP contribution in [0.1, 0.15) is 10.4 Å². The van der Waals surface area contributed by atoms with Gasteiger partial charge in [-0.15, -0.1) is 0 Å². The van der Waals surface area contributed by atoms with Gasteiger partial charge >= 0.3 is 0 Å². The molecule has 9 heteroatoms. The maximum absolute atomic E-state index is 12.6. The predicted octanol–water partition coefficient (Wildman–Crippen LogP) is 3.26. The van der Waals surface area contributed by atoms with E-state index in [1.807, 2.05) is 6.07 Å². The maximum atomic E-state index is 12.6. The van der Waals surface area contributed by atoms with Crippen LogP contribution in [0.5, 0.6) is 5.75 Å². The molecular formula is C19H17ClN2O4S2. The number of hydrogen-bond acceptors (Lipinski definition) is 5. The highest BCUT2D eigenvalue weighted by molar-refractivity contribution is 8.16. The molecule has 2 aliphatic heterocycles. The topological polar surface area (TPSA) is 76.0 Å². The third-order valence-corrected chi connectivity index (χ3v) is 8.13. The highest BCUT2D eigenvalue weighted by Crippen LogP contribution is 2.44. The minimum absolute atomic E-state index is 0.00111. The molecule has 0 aromatic heterocycles. The van der Waals surface area contributed by atoms with Crippen molar-refractivity contribution in [3.05, 3.63) is 59.1 Å². The molecule has 2 saturated heterocycles. The molecule has 2 fully saturated rings. The Hall–Kier alpha value is -2.03. The molecule has 0 spiro atoms. The van der Waals surface area contributed by atoms with Crippen molar-refractivity contribution in [2.24, 2.45) is 4.99 Å². The van der Waals surface area contributed by atoms with E-state index in [0.717, 1.165) is 0 Å². The standard InChI is InChI=1S/C19H17ClN2O4S2/c1-26-16-8-7-13(20)9-14(16)22-15-10-28(24,25)11-17(15)27-19(22)21-18(23)12-5-3-2-4-6-12/h2-9,15,17H,10-11H2,1H3/t15-,17+/m0/s1. The summed E-state index contributed by atoms with van der Waals surface area (Å²) in [4.78, 5) is 18.7. The van der Waals surface area contributed by atoms with E-state index < -0.39 is 9.84 Å². The lowest BCUT2D eigenvalue weighted by Gasteiger charge is -2.26. The van der Waals surface area contributed by atoms with E-state index in [0.29, 0.717) is 27.2 Å². The van der Waals surface area contributed by atoms with Crippen LogP contribution in [0, 0.1) is 0 Å². The molecule has 2 aromatic carbocycles. The number of methoxy groups -OCH3 is 1. The number of sulfone groups is 1. The molecular weight excluding hydrogens is 420 g/mol. The Morgan fingerprint density at radius 1 is 1.21 bits per heavy atom. The van der Waals surface area contributed by atoms with Crippen LogP contribution in [-0.2, 0) is 9.84 Å². The summed E-state index contributed by atoms with van der Waals surface area (Å²) in [6.45, 7) is 0. The first-order valence-corrected chi connectivity index (χ1v) is 11.6. The minimum atomic E-state index is -3.16. The van der Waals surface area contributed by atoms with Crippen molar-refractivity contribution in [1.29, 1.82) is 0 Å². The number of benzene rings is 2. The van der Waals surface area contributed by atoms with E-state index in [1.54, 1.807) is 47.4 Å². The van der Waals surface area contributed by atoms with Crippen LogP contribution >= 0.6 is 23.4 Å². The number of carbonyl (C=O) groups excluding carboxylic acids is 1. The summed E-state index contributed by atoms with van der Waals surface area (Å²) in [5, 5.41) is 0.745. The number of amides is 1. The van der Waals surface area contributed by atoms with Gasteiger partial charge in [0.05, 0.1) is 30.3 Å². The highest BCUT2D eigenvalue weighted by atomic mass is 35.5. The molecule has 0 aliphatic carbocycles. The van der Waals surface area contributed by atoms with Gasteiger partial charge < -0.3 is 9.64 Å². The molecule has 2 heterocycles. The van der Waals surface area contributed by atoms with E-state index in [2.05, 4.69) is 4.99 Å². The number of carbonyl (C=O) groups is 1. The molecule has 0 saturated carbocycles. The number of fused-ring (bicyclic) bond motifs is 1. The molecule has 0 bridgehead atoms. The van der Waals surface area contributed by atoms with Gasteiger partial charge in [-0.25, -0.2) is 8.42 Å². The number of nitrogens with zero attached hydrogens (tertiary/aromatic N) is 2. The van der Waals surface area contributed by atoms with Gasteiger partial charge in [0.25, 0.3) is 5.91 Å². The quantitative estimate of drug-likeness (QED) is 0.735. The van der Waals surface area contributed by atoms with Crippen molar-refractivity contribution in [1.82, 2.24) is 0 Å². The largest absolute Gasteiger partial charge is 0.495 e. The van der Waals surface area contributed by atoms with Gasteiger partial charge in [-0.2, -0.15) is 4.99 Å². The summed E-state index contributed by atoms with van der Waals surface area (Å²) in [6, 6.07) is 13.6. The molecule has 1 amide bonds. The van der Waals surface area contributed by atoms with Crippen molar-refractivity contribution >= 4 is 50.0 Å². The monoisotopic (exact) mass is 436 g/mol. The Balaban J connectivity index is 1.79. The Kier molecular flexibility index (Phi) is 5.11. The fourth-order valence-electron chi connectivity index (χ4n) is 3.43. The summed E-state index contributed by atoms with van der Waals surface area (Å²) in [5.74, 6) is 0.214. The zero-order valence-corrected chi connectivity index (χ0v) is 17.3. The van der Waals surface area contributed by atoms with E-state index in [4.69, 9.17) is 16.3 Å². The summed E-state index contributed by atoms with van der Waals surface area (Å²) < 4.78 is 29.8. The summed E-state index contributed by atoms with van der Waals surface area (Å²) in [7, 11) is -1.62. The Bertz CT molecular complexity index is 1060. The van der Waals surface area contributed by atoms with Gasteiger partial charge in [0.2, 0.25) is 0 Å². The molecule has 4 rings (SSSR count). The molecule has 0 radical (unpaired) electrons. The Morgan fingerprint density at radius 3 is 2.68 bits per heavy atom. The molecule has 28 heavy (non-hydrogen) atoms. The third kappa shape index (κ3) is 3.64. The normalized spacial score (nSPS) is 24.4. The third-order valence-electron chi connectivity index (χ3n) is 4.68. The second-order valence-corrected chi connectivity index (χ2v) is 10.3. The van der Waals surface area contributed by atoms with Crippen molar-refractivity contribution in [3.8, 4) is 5.75 Å². The van der Waals surface area contributed by atoms with Crippen LogP contribution in [0.3, 0.4) is 0 Å². The number of hydrogen-bond donors (Lipinski definition) is 0. The minimum Gasteiger partial charge on any atom is -0.495 e. The molecule has 2 atom stereocenters. The molecule has 0 unspecified atom stereocenters. The predicted molar refractivity (Wildman–Crippen MR) is 113 cm³/mol. The van der Waals surface area contributed by atoms with Crippen LogP contribution in [-0.4, -0.2) is 49.4 Å². The second-order valence-electron chi connectivity index (χ2n) is 6.55. The SMILES string of the molecule is COc1ccc(Cl)cc1N1C(=NC(=O)c2ccccc2)S[C@@H]2CS(=O)(=O)C[C@@H]21. The molecule has 2 aliphatic rings. The van der Waals surface area contributed by atoms with Crippen molar-refractivity contribution in [2.75, 3.05) is 23.5 Å². The first-order valence-electron chi connectivity index (χ1n) is 8.56. The van der Waals surface area contributed by atoms with Gasteiger partial charge in [0.1, 0.15) is 5.75 Å². The second kappa shape index (κ2) is 7.42. The van der Waals surface area contributed by atoms with Crippen molar-refractivity contribution < 1.29 is 17.9 Å². The summed E-state index contributed by atoms with van der Waals surface area (Å²) >= 11 is 7.50. The van der Waals surface area contributed by atoms with E-state index in [1.165, 1.54) is 18.9 Å². The van der Waals surface area contributed by atoms with Crippen molar-refractivity contribution in [2.45, 2.75) is 11.3 Å². The molecule has 2 aromatic rings.